The minimum atomic E-state index is 0.172. The Labute approximate surface area is 126 Å². The van der Waals surface area contributed by atoms with Gasteiger partial charge < -0.3 is 14.8 Å². The molecule has 20 heavy (non-hydrogen) atoms. The van der Waals surface area contributed by atoms with Gasteiger partial charge in [-0.15, -0.1) is 0 Å². The van der Waals surface area contributed by atoms with Crippen LogP contribution in [0.25, 0.3) is 0 Å². The summed E-state index contributed by atoms with van der Waals surface area (Å²) in [5.41, 5.74) is 1.15. The van der Waals surface area contributed by atoms with Gasteiger partial charge in [-0.05, 0) is 37.5 Å². The molecule has 1 aliphatic heterocycles. The molecule has 0 saturated carbocycles. The number of hydrogen-bond donors (Lipinski definition) is 1. The van der Waals surface area contributed by atoms with E-state index in [1.54, 1.807) is 0 Å². The van der Waals surface area contributed by atoms with Crippen molar-refractivity contribution in [2.24, 2.45) is 0 Å². The zero-order valence-corrected chi connectivity index (χ0v) is 13.2. The highest BCUT2D eigenvalue weighted by atomic mass is 35.5. The van der Waals surface area contributed by atoms with Crippen molar-refractivity contribution in [3.8, 4) is 5.75 Å². The average Bonchev–Trinajstić information content (AvgIpc) is 2.85. The fourth-order valence-electron chi connectivity index (χ4n) is 2.32. The third-order valence-corrected chi connectivity index (χ3v) is 3.77. The summed E-state index contributed by atoms with van der Waals surface area (Å²) < 4.78 is 11.8. The first-order chi connectivity index (χ1) is 9.54. The number of rotatable bonds is 6. The van der Waals surface area contributed by atoms with Gasteiger partial charge in [0.25, 0.3) is 0 Å². The third kappa shape index (κ3) is 4.65. The number of halogens is 1. The highest BCUT2D eigenvalue weighted by Gasteiger charge is 2.25. The van der Waals surface area contributed by atoms with Crippen molar-refractivity contribution >= 4 is 11.6 Å². The summed E-state index contributed by atoms with van der Waals surface area (Å²) in [6.07, 6.45) is 2.62. The van der Waals surface area contributed by atoms with Crippen molar-refractivity contribution in [2.45, 2.75) is 51.9 Å². The monoisotopic (exact) mass is 297 g/mol. The summed E-state index contributed by atoms with van der Waals surface area (Å²) in [6, 6.07) is 6.32. The Hall–Kier alpha value is -0.770. The van der Waals surface area contributed by atoms with Gasteiger partial charge in [-0.3, -0.25) is 0 Å². The van der Waals surface area contributed by atoms with Gasteiger partial charge in [0.1, 0.15) is 12.4 Å². The van der Waals surface area contributed by atoms with E-state index in [0.29, 0.717) is 23.8 Å². The van der Waals surface area contributed by atoms with Crippen LogP contribution in [0, 0.1) is 6.92 Å². The molecule has 0 amide bonds. The van der Waals surface area contributed by atoms with E-state index < -0.39 is 0 Å². The first-order valence-electron chi connectivity index (χ1n) is 7.32. The van der Waals surface area contributed by atoms with E-state index in [4.69, 9.17) is 21.1 Å². The highest BCUT2D eigenvalue weighted by molar-refractivity contribution is 6.32. The molecule has 0 radical (unpaired) electrons. The molecule has 0 spiro atoms. The minimum absolute atomic E-state index is 0.172. The summed E-state index contributed by atoms with van der Waals surface area (Å²) >= 11 is 6.12. The maximum absolute atomic E-state index is 6.12. The van der Waals surface area contributed by atoms with E-state index in [1.165, 1.54) is 0 Å². The van der Waals surface area contributed by atoms with Crippen LogP contribution in [0.3, 0.4) is 0 Å². The minimum Gasteiger partial charge on any atom is -0.489 e. The molecule has 2 unspecified atom stereocenters. The number of aryl methyl sites for hydroxylation is 1. The van der Waals surface area contributed by atoms with Crippen LogP contribution >= 0.6 is 11.6 Å². The van der Waals surface area contributed by atoms with Crippen LogP contribution in [-0.4, -0.2) is 31.4 Å². The molecule has 1 aromatic carbocycles. The van der Waals surface area contributed by atoms with Crippen LogP contribution in [0.2, 0.25) is 5.02 Å². The first-order valence-corrected chi connectivity index (χ1v) is 7.70. The van der Waals surface area contributed by atoms with E-state index in [-0.39, 0.29) is 6.10 Å². The average molecular weight is 298 g/mol. The van der Waals surface area contributed by atoms with Crippen molar-refractivity contribution in [1.82, 2.24) is 5.32 Å². The molecule has 3 nitrogen and oxygen atoms in total. The number of nitrogens with one attached hydrogen (secondary N) is 1. The smallest absolute Gasteiger partial charge is 0.138 e. The lowest BCUT2D eigenvalue weighted by atomic mass is 10.2. The predicted molar refractivity (Wildman–Crippen MR) is 82.7 cm³/mol. The van der Waals surface area contributed by atoms with E-state index >= 15 is 0 Å². The van der Waals surface area contributed by atoms with Crippen molar-refractivity contribution in [2.75, 3.05) is 13.2 Å². The molecule has 1 aliphatic rings. The fraction of sp³-hybridized carbons (Fsp3) is 0.625. The summed E-state index contributed by atoms with van der Waals surface area (Å²) in [5.74, 6) is 0.749. The Morgan fingerprint density at radius 1 is 1.35 bits per heavy atom. The highest BCUT2D eigenvalue weighted by Crippen LogP contribution is 2.27. The standard InChI is InChI=1S/C16H24ClNO2/c1-11(2)18-9-13-5-6-14(20-13)10-19-16-8-12(3)4-7-15(16)17/h4,7-8,11,13-14,18H,5-6,9-10H2,1-3H3. The Bertz CT molecular complexity index is 436. The zero-order chi connectivity index (χ0) is 14.5. The molecule has 1 aromatic rings. The van der Waals surface area contributed by atoms with Crippen LogP contribution in [-0.2, 0) is 4.74 Å². The quantitative estimate of drug-likeness (QED) is 0.871. The lowest BCUT2D eigenvalue weighted by Crippen LogP contribution is -2.32. The van der Waals surface area contributed by atoms with Crippen molar-refractivity contribution in [1.29, 1.82) is 0 Å². The molecule has 1 heterocycles. The zero-order valence-electron chi connectivity index (χ0n) is 12.5. The van der Waals surface area contributed by atoms with Gasteiger partial charge in [0.05, 0.1) is 17.2 Å². The molecule has 1 saturated heterocycles. The van der Waals surface area contributed by atoms with Gasteiger partial charge in [-0.25, -0.2) is 0 Å². The maximum Gasteiger partial charge on any atom is 0.138 e. The van der Waals surface area contributed by atoms with Crippen LogP contribution in [0.5, 0.6) is 5.75 Å². The lowest BCUT2D eigenvalue weighted by Gasteiger charge is -2.17. The SMILES string of the molecule is Cc1ccc(Cl)c(OCC2CCC(CNC(C)C)O2)c1. The molecule has 0 bridgehead atoms. The normalized spacial score (nSPS) is 22.4. The summed E-state index contributed by atoms with van der Waals surface area (Å²) in [7, 11) is 0. The van der Waals surface area contributed by atoms with Crippen LogP contribution in [0.4, 0.5) is 0 Å². The number of benzene rings is 1. The van der Waals surface area contributed by atoms with Gasteiger partial charge in [0.2, 0.25) is 0 Å². The summed E-state index contributed by atoms with van der Waals surface area (Å²) in [6.45, 7) is 7.81. The Morgan fingerprint density at radius 3 is 2.85 bits per heavy atom. The molecule has 2 rings (SSSR count). The summed E-state index contributed by atoms with van der Waals surface area (Å²) in [5, 5.41) is 4.07. The second-order valence-corrected chi connectivity index (χ2v) is 6.17. The van der Waals surface area contributed by atoms with Gasteiger partial charge in [0, 0.05) is 12.6 Å². The second-order valence-electron chi connectivity index (χ2n) is 5.77. The van der Waals surface area contributed by atoms with E-state index in [9.17, 15) is 0 Å². The molecule has 112 valence electrons. The van der Waals surface area contributed by atoms with E-state index in [0.717, 1.165) is 30.7 Å². The molecule has 4 heteroatoms. The van der Waals surface area contributed by atoms with E-state index in [2.05, 4.69) is 19.2 Å². The fourth-order valence-corrected chi connectivity index (χ4v) is 2.50. The molecule has 1 fully saturated rings. The van der Waals surface area contributed by atoms with Crippen LogP contribution in [0.15, 0.2) is 18.2 Å². The maximum atomic E-state index is 6.12. The van der Waals surface area contributed by atoms with Crippen LogP contribution < -0.4 is 10.1 Å². The van der Waals surface area contributed by atoms with Crippen molar-refractivity contribution < 1.29 is 9.47 Å². The van der Waals surface area contributed by atoms with Crippen molar-refractivity contribution in [3.63, 3.8) is 0 Å². The predicted octanol–water partition coefficient (Wildman–Crippen LogP) is 3.57. The van der Waals surface area contributed by atoms with E-state index in [1.807, 2.05) is 25.1 Å². The second kappa shape index (κ2) is 7.30. The van der Waals surface area contributed by atoms with Gasteiger partial charge in [-0.2, -0.15) is 0 Å². The molecular weight excluding hydrogens is 274 g/mol. The third-order valence-electron chi connectivity index (χ3n) is 3.46. The molecule has 1 N–H and O–H groups in total. The lowest BCUT2D eigenvalue weighted by molar-refractivity contribution is 0.0179. The van der Waals surface area contributed by atoms with Gasteiger partial charge >= 0.3 is 0 Å². The molecular formula is C16H24ClNO2. The molecule has 0 aromatic heterocycles. The van der Waals surface area contributed by atoms with Gasteiger partial charge in [-0.1, -0.05) is 31.5 Å². The largest absolute Gasteiger partial charge is 0.489 e. The topological polar surface area (TPSA) is 30.5 Å². The number of hydrogen-bond acceptors (Lipinski definition) is 3. The molecule has 2 atom stereocenters. The Kier molecular flexibility index (Phi) is 5.70. The molecule has 0 aliphatic carbocycles. The summed E-state index contributed by atoms with van der Waals surface area (Å²) in [4.78, 5) is 0. The Balaban J connectivity index is 1.76. The number of ether oxygens (including phenoxy) is 2. The van der Waals surface area contributed by atoms with Crippen molar-refractivity contribution in [3.05, 3.63) is 28.8 Å². The van der Waals surface area contributed by atoms with Crippen LogP contribution in [0.1, 0.15) is 32.3 Å². The Morgan fingerprint density at radius 2 is 2.10 bits per heavy atom. The van der Waals surface area contributed by atoms with Gasteiger partial charge in [0.15, 0.2) is 0 Å². The first kappa shape index (κ1) is 15.6.